The number of aromatic nitrogens is 1. The normalized spacial score (nSPS) is 16.9. The second-order valence-electron chi connectivity index (χ2n) is 11.2. The second kappa shape index (κ2) is 10.4. The second-order valence-corrected chi connectivity index (χ2v) is 11.2. The van der Waals surface area contributed by atoms with Gasteiger partial charge in [0, 0.05) is 73.7 Å². The molecule has 6 rings (SSSR count). The molecule has 2 aliphatic heterocycles. The Balaban J connectivity index is 1.23. The molecule has 0 atom stereocenters. The van der Waals surface area contributed by atoms with Gasteiger partial charge in [-0.25, -0.2) is 18.0 Å². The predicted octanol–water partition coefficient (Wildman–Crippen LogP) is 7.16. The monoisotopic (exact) mass is 561 g/mol. The molecule has 0 saturated carbocycles. The molecule has 1 spiro atoms. The molecule has 9 heteroatoms. The number of oxime groups is 1. The number of carboxylic acid groups (broad SMARTS) is 1. The lowest BCUT2D eigenvalue weighted by Crippen LogP contribution is -2.44. The number of carbonyl (C=O) groups is 1. The van der Waals surface area contributed by atoms with E-state index in [0.717, 1.165) is 59.7 Å². The molecule has 0 aliphatic carbocycles. The van der Waals surface area contributed by atoms with Crippen LogP contribution in [0.25, 0.3) is 22.0 Å². The van der Waals surface area contributed by atoms with Gasteiger partial charge >= 0.3 is 5.97 Å². The zero-order valence-corrected chi connectivity index (χ0v) is 22.8. The molecule has 2 aliphatic rings. The summed E-state index contributed by atoms with van der Waals surface area (Å²) in [7, 11) is 0. The molecule has 0 amide bonds. The fourth-order valence-electron chi connectivity index (χ4n) is 6.00. The highest BCUT2D eigenvalue weighted by molar-refractivity contribution is 6.02. The third-order valence-electron chi connectivity index (χ3n) is 8.26. The first-order valence-corrected chi connectivity index (χ1v) is 13.7. The van der Waals surface area contributed by atoms with E-state index in [0.29, 0.717) is 24.6 Å². The molecule has 212 valence electrons. The lowest BCUT2D eigenvalue weighted by atomic mass is 9.85. The predicted molar refractivity (Wildman–Crippen MR) is 151 cm³/mol. The van der Waals surface area contributed by atoms with Crippen LogP contribution in [0.4, 0.5) is 13.2 Å². The van der Waals surface area contributed by atoms with Crippen LogP contribution >= 0.6 is 0 Å². The van der Waals surface area contributed by atoms with Crippen LogP contribution in [0.2, 0.25) is 0 Å². The Bertz CT molecular complexity index is 1670. The average Bonchev–Trinajstić information content (AvgIpc) is 3.54. The van der Waals surface area contributed by atoms with Gasteiger partial charge in [0.15, 0.2) is 11.6 Å². The maximum Gasteiger partial charge on any atom is 0.335 e. The molecule has 0 unspecified atom stereocenters. The Hall–Kier alpha value is -4.11. The lowest BCUT2D eigenvalue weighted by Gasteiger charge is -2.37. The van der Waals surface area contributed by atoms with Crippen molar-refractivity contribution < 1.29 is 27.9 Å². The van der Waals surface area contributed by atoms with Crippen LogP contribution in [0.5, 0.6) is 0 Å². The molecule has 1 fully saturated rings. The van der Waals surface area contributed by atoms with E-state index in [9.17, 15) is 18.0 Å². The summed E-state index contributed by atoms with van der Waals surface area (Å²) in [5.41, 5.74) is 3.97. The van der Waals surface area contributed by atoms with Crippen molar-refractivity contribution in [2.24, 2.45) is 5.16 Å². The molecule has 4 aromatic rings. The summed E-state index contributed by atoms with van der Waals surface area (Å²) in [4.78, 5) is 19.5. The number of piperidine rings is 1. The van der Waals surface area contributed by atoms with Gasteiger partial charge in [-0.15, -0.1) is 0 Å². The topological polar surface area (TPSA) is 67.1 Å². The fraction of sp³-hybridized carbons (Fsp3) is 0.312. The SMILES string of the molecule is CC(C)n1cc(CN2CCC3(CC2)CC(c2ccc(C(=O)O)cc2)=NO3)c2c(-c3cc(F)c(F)cc3F)cccc21. The quantitative estimate of drug-likeness (QED) is 0.254. The van der Waals surface area contributed by atoms with Gasteiger partial charge in [-0.2, -0.15) is 0 Å². The van der Waals surface area contributed by atoms with Gasteiger partial charge < -0.3 is 14.5 Å². The molecule has 3 aromatic carbocycles. The number of carboxylic acids is 1. The smallest absolute Gasteiger partial charge is 0.335 e. The summed E-state index contributed by atoms with van der Waals surface area (Å²) in [6, 6.07) is 13.9. The van der Waals surface area contributed by atoms with Crippen LogP contribution in [0.1, 0.15) is 60.6 Å². The van der Waals surface area contributed by atoms with Crippen molar-refractivity contribution in [2.45, 2.75) is 51.3 Å². The number of rotatable bonds is 6. The number of hydrogen-bond donors (Lipinski definition) is 1. The summed E-state index contributed by atoms with van der Waals surface area (Å²) >= 11 is 0. The summed E-state index contributed by atoms with van der Waals surface area (Å²) in [5.74, 6) is -4.06. The lowest BCUT2D eigenvalue weighted by molar-refractivity contribution is -0.0626. The summed E-state index contributed by atoms with van der Waals surface area (Å²) in [5, 5.41) is 14.3. The van der Waals surface area contributed by atoms with Crippen molar-refractivity contribution in [3.05, 3.63) is 94.9 Å². The maximum absolute atomic E-state index is 14.9. The van der Waals surface area contributed by atoms with E-state index >= 15 is 0 Å². The van der Waals surface area contributed by atoms with Gasteiger partial charge in [0.25, 0.3) is 0 Å². The highest BCUT2D eigenvalue weighted by Crippen LogP contribution is 2.39. The van der Waals surface area contributed by atoms with Crippen molar-refractivity contribution in [3.63, 3.8) is 0 Å². The fourth-order valence-corrected chi connectivity index (χ4v) is 6.00. The van der Waals surface area contributed by atoms with Gasteiger partial charge in [0.2, 0.25) is 0 Å². The van der Waals surface area contributed by atoms with Gasteiger partial charge in [-0.3, -0.25) is 4.90 Å². The molecule has 3 heterocycles. The molecule has 0 radical (unpaired) electrons. The first-order chi connectivity index (χ1) is 19.6. The van der Waals surface area contributed by atoms with E-state index in [-0.39, 0.29) is 17.2 Å². The van der Waals surface area contributed by atoms with E-state index in [4.69, 9.17) is 9.94 Å². The summed E-state index contributed by atoms with van der Waals surface area (Å²) < 4.78 is 44.9. The maximum atomic E-state index is 14.9. The van der Waals surface area contributed by atoms with E-state index in [2.05, 4.69) is 34.7 Å². The standard InChI is InChI=1S/C32H30F3N3O3/c1-19(2)38-18-22(30-23(4-3-5-29(30)38)24-14-26(34)27(35)15-25(24)33)17-37-12-10-32(11-13-37)16-28(36-41-32)20-6-8-21(9-7-20)31(39)40/h3-9,14-15,18-19H,10-13,16-17H2,1-2H3,(H,39,40). The minimum atomic E-state index is -1.21. The van der Waals surface area contributed by atoms with Crippen LogP contribution in [0.3, 0.4) is 0 Å². The van der Waals surface area contributed by atoms with Crippen LogP contribution in [-0.2, 0) is 11.4 Å². The van der Waals surface area contributed by atoms with Crippen molar-refractivity contribution >= 4 is 22.6 Å². The van der Waals surface area contributed by atoms with E-state index in [1.165, 1.54) is 0 Å². The Kier molecular flexibility index (Phi) is 6.85. The van der Waals surface area contributed by atoms with Crippen LogP contribution in [-0.4, -0.2) is 44.9 Å². The minimum Gasteiger partial charge on any atom is -0.478 e. The third-order valence-corrected chi connectivity index (χ3v) is 8.26. The van der Waals surface area contributed by atoms with Gasteiger partial charge in [-0.1, -0.05) is 29.4 Å². The average molecular weight is 562 g/mol. The number of fused-ring (bicyclic) bond motifs is 1. The Morgan fingerprint density at radius 1 is 1.00 bits per heavy atom. The zero-order chi connectivity index (χ0) is 28.9. The molecule has 1 N–H and O–H groups in total. The zero-order valence-electron chi connectivity index (χ0n) is 22.8. The van der Waals surface area contributed by atoms with Gasteiger partial charge in [0.1, 0.15) is 11.4 Å². The molecule has 1 aromatic heterocycles. The first kappa shape index (κ1) is 27.1. The van der Waals surface area contributed by atoms with E-state index < -0.39 is 29.0 Å². The largest absolute Gasteiger partial charge is 0.478 e. The Morgan fingerprint density at radius 2 is 1.71 bits per heavy atom. The number of aromatic carboxylic acids is 1. The minimum absolute atomic E-state index is 0.0373. The Morgan fingerprint density at radius 3 is 2.39 bits per heavy atom. The molecular formula is C32H30F3N3O3. The van der Waals surface area contributed by atoms with Crippen molar-refractivity contribution in [2.75, 3.05) is 13.1 Å². The van der Waals surface area contributed by atoms with Crippen molar-refractivity contribution in [1.29, 1.82) is 0 Å². The number of likely N-dealkylation sites (tertiary alicyclic amines) is 1. The number of nitrogens with zero attached hydrogens (tertiary/aromatic N) is 3. The Labute approximate surface area is 235 Å². The van der Waals surface area contributed by atoms with Crippen molar-refractivity contribution in [1.82, 2.24) is 9.47 Å². The summed E-state index contributed by atoms with van der Waals surface area (Å²) in [6.45, 7) is 6.28. The van der Waals surface area contributed by atoms with E-state index in [1.807, 2.05) is 12.1 Å². The number of benzene rings is 3. The third kappa shape index (κ3) is 4.99. The van der Waals surface area contributed by atoms with Gasteiger partial charge in [-0.05, 0) is 54.8 Å². The number of hydrogen-bond acceptors (Lipinski definition) is 4. The molecule has 6 nitrogen and oxygen atoms in total. The molecule has 1 saturated heterocycles. The molecule has 41 heavy (non-hydrogen) atoms. The van der Waals surface area contributed by atoms with Crippen LogP contribution < -0.4 is 0 Å². The van der Waals surface area contributed by atoms with Crippen molar-refractivity contribution in [3.8, 4) is 11.1 Å². The van der Waals surface area contributed by atoms with Crippen LogP contribution in [0.15, 0.2) is 65.9 Å². The first-order valence-electron chi connectivity index (χ1n) is 13.7. The number of halogens is 3. The molecular weight excluding hydrogens is 531 g/mol. The summed E-state index contributed by atoms with van der Waals surface area (Å²) in [6.07, 6.45) is 4.26. The van der Waals surface area contributed by atoms with Gasteiger partial charge in [0.05, 0.1) is 11.3 Å². The molecule has 0 bridgehead atoms. The highest BCUT2D eigenvalue weighted by Gasteiger charge is 2.42. The highest BCUT2D eigenvalue weighted by atomic mass is 19.2. The van der Waals surface area contributed by atoms with Crippen LogP contribution in [0, 0.1) is 17.5 Å². The van der Waals surface area contributed by atoms with E-state index in [1.54, 1.807) is 30.3 Å².